The Balaban J connectivity index is 2.49. The SMILES string of the molecule is CC(C)SCC(=O)c1ccn(C)c1. The average molecular weight is 197 g/mol. The van der Waals surface area contributed by atoms with E-state index in [1.165, 1.54) is 0 Å². The number of carbonyl (C=O) groups is 1. The van der Waals surface area contributed by atoms with Crippen LogP contribution in [0.5, 0.6) is 0 Å². The molecular formula is C10H15NOS. The maximum Gasteiger partial charge on any atom is 0.174 e. The van der Waals surface area contributed by atoms with E-state index in [9.17, 15) is 4.79 Å². The van der Waals surface area contributed by atoms with E-state index in [4.69, 9.17) is 0 Å². The lowest BCUT2D eigenvalue weighted by molar-refractivity contribution is 0.102. The van der Waals surface area contributed by atoms with E-state index in [0.717, 1.165) is 5.56 Å². The lowest BCUT2D eigenvalue weighted by Gasteiger charge is -2.01. The first-order valence-corrected chi connectivity index (χ1v) is 5.41. The van der Waals surface area contributed by atoms with E-state index in [2.05, 4.69) is 13.8 Å². The molecule has 0 N–H and O–H groups in total. The minimum Gasteiger partial charge on any atom is -0.357 e. The standard InChI is InChI=1S/C10H15NOS/c1-8(2)13-7-10(12)9-4-5-11(3)6-9/h4-6,8H,7H2,1-3H3. The number of rotatable bonds is 4. The van der Waals surface area contributed by atoms with Crippen LogP contribution >= 0.6 is 11.8 Å². The molecule has 0 bridgehead atoms. The molecule has 0 unspecified atom stereocenters. The quantitative estimate of drug-likeness (QED) is 0.691. The molecule has 1 heterocycles. The van der Waals surface area contributed by atoms with Crippen LogP contribution in [0.2, 0.25) is 0 Å². The van der Waals surface area contributed by atoms with Crippen LogP contribution in [-0.4, -0.2) is 21.4 Å². The Morgan fingerprint density at radius 3 is 2.77 bits per heavy atom. The van der Waals surface area contributed by atoms with E-state index in [1.807, 2.05) is 30.1 Å². The van der Waals surface area contributed by atoms with E-state index >= 15 is 0 Å². The second kappa shape index (κ2) is 4.51. The predicted molar refractivity (Wildman–Crippen MR) is 57.3 cm³/mol. The van der Waals surface area contributed by atoms with Crippen molar-refractivity contribution in [2.24, 2.45) is 7.05 Å². The van der Waals surface area contributed by atoms with Crippen molar-refractivity contribution in [2.45, 2.75) is 19.1 Å². The summed E-state index contributed by atoms with van der Waals surface area (Å²) in [5.74, 6) is 0.807. The molecule has 3 heteroatoms. The van der Waals surface area contributed by atoms with Crippen LogP contribution in [-0.2, 0) is 7.05 Å². The zero-order chi connectivity index (χ0) is 9.84. The monoisotopic (exact) mass is 197 g/mol. The fourth-order valence-electron chi connectivity index (χ4n) is 0.994. The maximum absolute atomic E-state index is 11.5. The van der Waals surface area contributed by atoms with Gasteiger partial charge in [0.1, 0.15) is 0 Å². The first-order valence-electron chi connectivity index (χ1n) is 4.36. The van der Waals surface area contributed by atoms with Crippen molar-refractivity contribution in [1.29, 1.82) is 0 Å². The number of Topliss-reactive ketones (excluding diaryl/α,β-unsaturated/α-hetero) is 1. The zero-order valence-corrected chi connectivity index (χ0v) is 9.10. The van der Waals surface area contributed by atoms with Gasteiger partial charge in [-0.15, -0.1) is 0 Å². The van der Waals surface area contributed by atoms with Gasteiger partial charge in [-0.25, -0.2) is 0 Å². The third-order valence-electron chi connectivity index (χ3n) is 1.70. The fourth-order valence-corrected chi connectivity index (χ4v) is 1.65. The molecule has 0 radical (unpaired) electrons. The highest BCUT2D eigenvalue weighted by atomic mass is 32.2. The van der Waals surface area contributed by atoms with E-state index in [1.54, 1.807) is 11.8 Å². The van der Waals surface area contributed by atoms with Crippen LogP contribution in [0.15, 0.2) is 18.5 Å². The van der Waals surface area contributed by atoms with Crippen molar-refractivity contribution in [3.8, 4) is 0 Å². The van der Waals surface area contributed by atoms with Crippen LogP contribution in [0.4, 0.5) is 0 Å². The summed E-state index contributed by atoms with van der Waals surface area (Å²) in [5.41, 5.74) is 0.815. The first kappa shape index (κ1) is 10.4. The number of carbonyl (C=O) groups excluding carboxylic acids is 1. The highest BCUT2D eigenvalue weighted by Crippen LogP contribution is 2.12. The molecule has 0 aliphatic heterocycles. The molecule has 1 aromatic rings. The number of ketones is 1. The largest absolute Gasteiger partial charge is 0.357 e. The smallest absolute Gasteiger partial charge is 0.174 e. The minimum atomic E-state index is 0.222. The van der Waals surface area contributed by atoms with Crippen LogP contribution in [0.1, 0.15) is 24.2 Å². The van der Waals surface area contributed by atoms with Crippen LogP contribution < -0.4 is 0 Å². The molecule has 0 aliphatic rings. The summed E-state index contributed by atoms with van der Waals surface area (Å²) in [6.45, 7) is 4.20. The van der Waals surface area contributed by atoms with Gasteiger partial charge in [-0.05, 0) is 11.3 Å². The average Bonchev–Trinajstić information content (AvgIpc) is 2.47. The summed E-state index contributed by atoms with van der Waals surface area (Å²) < 4.78 is 1.90. The molecule has 0 saturated carbocycles. The fraction of sp³-hybridized carbons (Fsp3) is 0.500. The lowest BCUT2D eigenvalue weighted by atomic mass is 10.2. The summed E-state index contributed by atoms with van der Waals surface area (Å²) in [6.07, 6.45) is 3.76. The van der Waals surface area contributed by atoms with Gasteiger partial charge in [0, 0.05) is 25.0 Å². The van der Waals surface area contributed by atoms with E-state index in [0.29, 0.717) is 11.0 Å². The third kappa shape index (κ3) is 3.27. The summed E-state index contributed by atoms with van der Waals surface area (Å²) in [5, 5.41) is 0.521. The van der Waals surface area contributed by atoms with Crippen molar-refractivity contribution < 1.29 is 4.79 Å². The molecule has 72 valence electrons. The third-order valence-corrected chi connectivity index (χ3v) is 2.80. The molecule has 13 heavy (non-hydrogen) atoms. The Morgan fingerprint density at radius 1 is 1.62 bits per heavy atom. The molecule has 0 fully saturated rings. The molecule has 2 nitrogen and oxygen atoms in total. The molecule has 0 amide bonds. The van der Waals surface area contributed by atoms with E-state index < -0.39 is 0 Å². The lowest BCUT2D eigenvalue weighted by Crippen LogP contribution is -2.03. The van der Waals surface area contributed by atoms with Crippen LogP contribution in [0, 0.1) is 0 Å². The van der Waals surface area contributed by atoms with Crippen molar-refractivity contribution >= 4 is 17.5 Å². The topological polar surface area (TPSA) is 22.0 Å². The van der Waals surface area contributed by atoms with E-state index in [-0.39, 0.29) is 5.78 Å². The van der Waals surface area contributed by atoms with Gasteiger partial charge in [-0.2, -0.15) is 11.8 Å². The number of aromatic nitrogens is 1. The first-order chi connectivity index (χ1) is 6.09. The minimum absolute atomic E-state index is 0.222. The Hall–Kier alpha value is -0.700. The summed E-state index contributed by atoms with van der Waals surface area (Å²) in [4.78, 5) is 11.5. The van der Waals surface area contributed by atoms with Crippen LogP contribution in [0.3, 0.4) is 0 Å². The molecule has 0 saturated heterocycles. The Labute approximate surface area is 83.3 Å². The normalized spacial score (nSPS) is 10.8. The molecule has 0 aromatic carbocycles. The number of hydrogen-bond donors (Lipinski definition) is 0. The Morgan fingerprint density at radius 2 is 2.31 bits per heavy atom. The maximum atomic E-state index is 11.5. The van der Waals surface area contributed by atoms with Gasteiger partial charge in [0.25, 0.3) is 0 Å². The van der Waals surface area contributed by atoms with Gasteiger partial charge < -0.3 is 4.57 Å². The van der Waals surface area contributed by atoms with Crippen molar-refractivity contribution in [3.05, 3.63) is 24.0 Å². The molecular weight excluding hydrogens is 182 g/mol. The Kier molecular flexibility index (Phi) is 3.60. The van der Waals surface area contributed by atoms with Crippen LogP contribution in [0.25, 0.3) is 0 Å². The van der Waals surface area contributed by atoms with Crippen molar-refractivity contribution in [3.63, 3.8) is 0 Å². The van der Waals surface area contributed by atoms with Gasteiger partial charge in [-0.3, -0.25) is 4.79 Å². The number of hydrogen-bond acceptors (Lipinski definition) is 2. The molecule has 0 atom stereocenters. The summed E-state index contributed by atoms with van der Waals surface area (Å²) >= 11 is 1.68. The van der Waals surface area contributed by atoms with Gasteiger partial charge in [0.15, 0.2) is 5.78 Å². The van der Waals surface area contributed by atoms with Crippen molar-refractivity contribution in [2.75, 3.05) is 5.75 Å². The molecule has 1 rings (SSSR count). The van der Waals surface area contributed by atoms with Gasteiger partial charge >= 0.3 is 0 Å². The number of aryl methyl sites for hydroxylation is 1. The van der Waals surface area contributed by atoms with Gasteiger partial charge in [0.05, 0.1) is 5.75 Å². The second-order valence-corrected chi connectivity index (χ2v) is 4.91. The zero-order valence-electron chi connectivity index (χ0n) is 8.28. The van der Waals surface area contributed by atoms with Gasteiger partial charge in [-0.1, -0.05) is 13.8 Å². The highest BCUT2D eigenvalue weighted by Gasteiger charge is 2.07. The summed E-state index contributed by atoms with van der Waals surface area (Å²) in [7, 11) is 1.92. The molecule has 0 aliphatic carbocycles. The number of thioether (sulfide) groups is 1. The number of nitrogens with zero attached hydrogens (tertiary/aromatic N) is 1. The predicted octanol–water partition coefficient (Wildman–Crippen LogP) is 2.35. The van der Waals surface area contributed by atoms with Crippen molar-refractivity contribution in [1.82, 2.24) is 4.57 Å². The second-order valence-electron chi connectivity index (χ2n) is 3.35. The molecule has 1 aromatic heterocycles. The highest BCUT2D eigenvalue weighted by molar-refractivity contribution is 8.00. The Bertz CT molecular complexity index is 291. The molecule has 0 spiro atoms. The summed E-state index contributed by atoms with van der Waals surface area (Å²) in [6, 6.07) is 1.86. The van der Waals surface area contributed by atoms with Gasteiger partial charge in [0.2, 0.25) is 0 Å².